The van der Waals surface area contributed by atoms with Crippen LogP contribution in [0.3, 0.4) is 0 Å². The van der Waals surface area contributed by atoms with Crippen LogP contribution in [0.2, 0.25) is 0 Å². The predicted molar refractivity (Wildman–Crippen MR) is 89.2 cm³/mol. The molecule has 0 aliphatic rings. The van der Waals surface area contributed by atoms with Crippen LogP contribution in [-0.4, -0.2) is 34.8 Å². The molecule has 2 unspecified atom stereocenters. The topological polar surface area (TPSA) is 72.2 Å². The van der Waals surface area contributed by atoms with E-state index in [1.54, 1.807) is 0 Å². The number of carbonyl (C=O) groups is 1. The van der Waals surface area contributed by atoms with E-state index in [9.17, 15) is 35.3 Å². The molecule has 0 fully saturated rings. The van der Waals surface area contributed by atoms with Crippen molar-refractivity contribution >= 4 is 16.7 Å². The van der Waals surface area contributed by atoms with E-state index in [2.05, 4.69) is 5.32 Å². The standard InChI is InChI=1S/C16H20F6N2O2S/c1-27(26)10-13(25)24-9-3-2-8-14(23,16(20,21)22)11-4-6-12(7-5-11)15(17,18)19/h4-7H,2-3,8-10,23H2,1H3,(H,24,25). The Balaban J connectivity index is 2.75. The first kappa shape index (κ1) is 23.4. The zero-order chi connectivity index (χ0) is 20.9. The Bertz CT molecular complexity index is 660. The van der Waals surface area contributed by atoms with Crippen LogP contribution in [0.4, 0.5) is 26.3 Å². The molecular weight excluding hydrogens is 398 g/mol. The molecule has 1 aromatic rings. The lowest BCUT2D eigenvalue weighted by Crippen LogP contribution is -2.50. The van der Waals surface area contributed by atoms with E-state index in [1.165, 1.54) is 6.26 Å². The number of alkyl halides is 6. The van der Waals surface area contributed by atoms with Gasteiger partial charge in [0.2, 0.25) is 5.91 Å². The number of carbonyl (C=O) groups excluding carboxylic acids is 1. The maximum Gasteiger partial charge on any atom is 0.416 e. The van der Waals surface area contributed by atoms with Gasteiger partial charge in [-0.2, -0.15) is 26.3 Å². The van der Waals surface area contributed by atoms with E-state index < -0.39 is 52.1 Å². The van der Waals surface area contributed by atoms with Crippen LogP contribution < -0.4 is 11.1 Å². The van der Waals surface area contributed by atoms with Crippen molar-refractivity contribution in [2.45, 2.75) is 37.2 Å². The fourth-order valence-corrected chi connectivity index (χ4v) is 2.87. The fraction of sp³-hybridized carbons (Fsp3) is 0.562. The summed E-state index contributed by atoms with van der Waals surface area (Å²) in [6, 6.07) is 2.59. The highest BCUT2D eigenvalue weighted by Crippen LogP contribution is 2.41. The van der Waals surface area contributed by atoms with Crippen LogP contribution in [-0.2, 0) is 27.3 Å². The number of benzene rings is 1. The van der Waals surface area contributed by atoms with E-state index in [1.807, 2.05) is 0 Å². The molecular formula is C16H20F6N2O2S. The number of hydrogen-bond acceptors (Lipinski definition) is 3. The third-order valence-corrected chi connectivity index (χ3v) is 4.56. The quantitative estimate of drug-likeness (QED) is 0.504. The molecule has 11 heteroatoms. The van der Waals surface area contributed by atoms with Crippen LogP contribution in [0.5, 0.6) is 0 Å². The fourth-order valence-electron chi connectivity index (χ4n) is 2.40. The van der Waals surface area contributed by atoms with Gasteiger partial charge in [-0.1, -0.05) is 12.1 Å². The molecule has 4 nitrogen and oxygen atoms in total. The summed E-state index contributed by atoms with van der Waals surface area (Å²) in [5.74, 6) is -0.678. The second-order valence-corrected chi connectivity index (χ2v) is 7.50. The molecule has 0 radical (unpaired) electrons. The molecule has 3 N–H and O–H groups in total. The first-order valence-corrected chi connectivity index (χ1v) is 9.60. The van der Waals surface area contributed by atoms with Crippen molar-refractivity contribution in [1.29, 1.82) is 0 Å². The highest BCUT2D eigenvalue weighted by Gasteiger charge is 2.52. The third kappa shape index (κ3) is 6.80. The number of nitrogens with two attached hydrogens (primary N) is 1. The summed E-state index contributed by atoms with van der Waals surface area (Å²) in [5.41, 5.74) is 1.20. The third-order valence-electron chi connectivity index (χ3n) is 3.89. The van der Waals surface area contributed by atoms with Gasteiger partial charge >= 0.3 is 12.4 Å². The molecule has 27 heavy (non-hydrogen) atoms. The zero-order valence-electron chi connectivity index (χ0n) is 14.4. The molecule has 0 aliphatic heterocycles. The van der Waals surface area contributed by atoms with Gasteiger partial charge in [0, 0.05) is 23.6 Å². The Kier molecular flexibility index (Phi) is 7.85. The Hall–Kier alpha value is -1.62. The van der Waals surface area contributed by atoms with Gasteiger partial charge in [-0.15, -0.1) is 0 Å². The number of hydrogen-bond donors (Lipinski definition) is 2. The minimum Gasteiger partial charge on any atom is -0.355 e. The van der Waals surface area contributed by atoms with Gasteiger partial charge < -0.3 is 11.1 Å². The Morgan fingerprint density at radius 2 is 1.56 bits per heavy atom. The van der Waals surface area contributed by atoms with Crippen molar-refractivity contribution in [2.24, 2.45) is 5.73 Å². The maximum absolute atomic E-state index is 13.5. The van der Waals surface area contributed by atoms with Gasteiger partial charge in [-0.25, -0.2) is 0 Å². The Morgan fingerprint density at radius 1 is 1.04 bits per heavy atom. The summed E-state index contributed by atoms with van der Waals surface area (Å²) in [4.78, 5) is 11.3. The Morgan fingerprint density at radius 3 is 2.00 bits per heavy atom. The molecule has 0 heterocycles. The first-order valence-electron chi connectivity index (χ1n) is 7.87. The highest BCUT2D eigenvalue weighted by atomic mass is 32.2. The van der Waals surface area contributed by atoms with Crippen molar-refractivity contribution in [3.8, 4) is 0 Å². The van der Waals surface area contributed by atoms with Crippen LogP contribution >= 0.6 is 0 Å². The number of halogens is 6. The van der Waals surface area contributed by atoms with Crippen LogP contribution in [0.25, 0.3) is 0 Å². The lowest BCUT2D eigenvalue weighted by Gasteiger charge is -2.32. The van der Waals surface area contributed by atoms with Gasteiger partial charge in [-0.05, 0) is 37.0 Å². The van der Waals surface area contributed by atoms with E-state index in [0.29, 0.717) is 12.1 Å². The normalized spacial score (nSPS) is 15.9. The molecule has 0 aliphatic carbocycles. The molecule has 0 saturated carbocycles. The number of amides is 1. The van der Waals surface area contributed by atoms with E-state index in [0.717, 1.165) is 12.1 Å². The second kappa shape index (κ2) is 9.05. The molecule has 1 aromatic carbocycles. The molecule has 1 amide bonds. The van der Waals surface area contributed by atoms with E-state index >= 15 is 0 Å². The summed E-state index contributed by atoms with van der Waals surface area (Å²) in [6.07, 6.45) is -8.58. The van der Waals surface area contributed by atoms with Gasteiger partial charge in [0.05, 0.1) is 5.56 Å². The minimum atomic E-state index is -4.87. The Labute approximate surface area is 154 Å². The lowest BCUT2D eigenvalue weighted by molar-refractivity contribution is -0.192. The minimum absolute atomic E-state index is 0.0213. The predicted octanol–water partition coefficient (Wildman–Crippen LogP) is 3.09. The van der Waals surface area contributed by atoms with Crippen LogP contribution in [0, 0.1) is 0 Å². The number of unbranched alkanes of at least 4 members (excludes halogenated alkanes) is 1. The van der Waals surface area contributed by atoms with Gasteiger partial charge in [0.1, 0.15) is 11.3 Å². The zero-order valence-corrected chi connectivity index (χ0v) is 15.2. The molecule has 2 atom stereocenters. The monoisotopic (exact) mass is 418 g/mol. The molecule has 1 rings (SSSR count). The molecule has 0 aromatic heterocycles. The van der Waals surface area contributed by atoms with Crippen molar-refractivity contribution in [3.63, 3.8) is 0 Å². The van der Waals surface area contributed by atoms with Crippen LogP contribution in [0.15, 0.2) is 24.3 Å². The van der Waals surface area contributed by atoms with E-state index in [-0.39, 0.29) is 25.1 Å². The molecule has 0 saturated heterocycles. The lowest BCUT2D eigenvalue weighted by atomic mass is 9.84. The summed E-state index contributed by atoms with van der Waals surface area (Å²) in [5, 5.41) is 2.42. The summed E-state index contributed by atoms with van der Waals surface area (Å²) in [7, 11) is -1.32. The average molecular weight is 418 g/mol. The summed E-state index contributed by atoms with van der Waals surface area (Å²) >= 11 is 0. The van der Waals surface area contributed by atoms with Gasteiger partial charge in [0.15, 0.2) is 0 Å². The molecule has 0 spiro atoms. The largest absolute Gasteiger partial charge is 0.416 e. The van der Waals surface area contributed by atoms with Crippen molar-refractivity contribution < 1.29 is 35.3 Å². The molecule has 0 bridgehead atoms. The van der Waals surface area contributed by atoms with Crippen molar-refractivity contribution in [1.82, 2.24) is 5.32 Å². The number of nitrogens with one attached hydrogen (secondary N) is 1. The van der Waals surface area contributed by atoms with E-state index in [4.69, 9.17) is 5.73 Å². The van der Waals surface area contributed by atoms with Gasteiger partial charge in [-0.3, -0.25) is 9.00 Å². The second-order valence-electron chi connectivity index (χ2n) is 6.07. The molecule has 154 valence electrons. The first-order chi connectivity index (χ1) is 12.3. The average Bonchev–Trinajstić information content (AvgIpc) is 2.51. The number of rotatable bonds is 8. The SMILES string of the molecule is CS(=O)CC(=O)NCCCCC(N)(c1ccc(C(F)(F)F)cc1)C(F)(F)F. The van der Waals surface area contributed by atoms with Crippen molar-refractivity contribution in [2.75, 3.05) is 18.6 Å². The van der Waals surface area contributed by atoms with Crippen LogP contribution in [0.1, 0.15) is 30.4 Å². The van der Waals surface area contributed by atoms with Crippen molar-refractivity contribution in [3.05, 3.63) is 35.4 Å². The van der Waals surface area contributed by atoms with Gasteiger partial charge in [0.25, 0.3) is 0 Å². The highest BCUT2D eigenvalue weighted by molar-refractivity contribution is 7.85. The summed E-state index contributed by atoms with van der Waals surface area (Å²) < 4.78 is 89.0. The maximum atomic E-state index is 13.5. The smallest absolute Gasteiger partial charge is 0.355 e. The summed E-state index contributed by atoms with van der Waals surface area (Å²) in [6.45, 7) is 0.0803.